The van der Waals surface area contributed by atoms with E-state index >= 15 is 0 Å². The van der Waals surface area contributed by atoms with Crippen LogP contribution in [0.4, 0.5) is 0 Å². The second-order valence-electron chi connectivity index (χ2n) is 10.3. The minimum absolute atomic E-state index is 0.0377. The molecule has 1 saturated carbocycles. The maximum absolute atomic E-state index is 13.2. The Balaban J connectivity index is 1.38. The first-order valence-electron chi connectivity index (χ1n) is 13.4. The van der Waals surface area contributed by atoms with Gasteiger partial charge in [0.25, 0.3) is 5.91 Å². The number of aromatic nitrogens is 2. The van der Waals surface area contributed by atoms with Gasteiger partial charge >= 0.3 is 11.9 Å². The van der Waals surface area contributed by atoms with Gasteiger partial charge in [0.15, 0.2) is 6.61 Å². The van der Waals surface area contributed by atoms with E-state index in [4.69, 9.17) is 30.8 Å². The van der Waals surface area contributed by atoms with Crippen LogP contribution in [0.15, 0.2) is 53.3 Å². The van der Waals surface area contributed by atoms with Crippen molar-refractivity contribution in [3.63, 3.8) is 0 Å². The maximum atomic E-state index is 13.2. The summed E-state index contributed by atoms with van der Waals surface area (Å²) in [5.74, 6) is -1.90. The molecule has 214 valence electrons. The van der Waals surface area contributed by atoms with Gasteiger partial charge in [-0.25, -0.2) is 14.6 Å². The number of carboxylic acids is 2. The highest BCUT2D eigenvalue weighted by Gasteiger charge is 2.25. The highest BCUT2D eigenvalue weighted by molar-refractivity contribution is 6.32. The van der Waals surface area contributed by atoms with Gasteiger partial charge in [-0.15, -0.1) is 0 Å². The lowest BCUT2D eigenvalue weighted by atomic mass is 9.95. The number of fused-ring (bicyclic) bond motifs is 1. The number of nitrogens with zero attached hydrogens (tertiary/aromatic N) is 2. The van der Waals surface area contributed by atoms with Crippen LogP contribution >= 0.6 is 11.6 Å². The summed E-state index contributed by atoms with van der Waals surface area (Å²) in [7, 11) is 0. The standard InChI is InChI=1S/C30H30ClN3O7/c1-17-11-18(12-22(31)27(17)41-16-26(35)36)13-24(30(38)39)33-29(37)19-7-8-25-23(14-19)32-28(20-9-10-40-15-20)34(25)21-5-3-2-4-6-21/h7-12,14-15,21,24H,2-6,13,16H2,1H3,(H,33,37)(H,35,36)(H,38,39). The Morgan fingerprint density at radius 3 is 2.59 bits per heavy atom. The molecule has 1 aliphatic carbocycles. The van der Waals surface area contributed by atoms with Crippen LogP contribution in [0, 0.1) is 6.92 Å². The second-order valence-corrected chi connectivity index (χ2v) is 10.7. The van der Waals surface area contributed by atoms with Crippen molar-refractivity contribution < 1.29 is 33.8 Å². The molecule has 10 nitrogen and oxygen atoms in total. The highest BCUT2D eigenvalue weighted by atomic mass is 35.5. The normalized spacial score (nSPS) is 14.6. The van der Waals surface area contributed by atoms with E-state index in [1.807, 2.05) is 12.1 Å². The quantitative estimate of drug-likeness (QED) is 0.218. The van der Waals surface area contributed by atoms with Crippen molar-refractivity contribution in [2.24, 2.45) is 0 Å². The number of rotatable bonds is 10. The lowest BCUT2D eigenvalue weighted by molar-refractivity contribution is -0.140. The van der Waals surface area contributed by atoms with E-state index in [0.29, 0.717) is 28.2 Å². The smallest absolute Gasteiger partial charge is 0.341 e. The van der Waals surface area contributed by atoms with Gasteiger partial charge in [0.05, 0.1) is 27.9 Å². The van der Waals surface area contributed by atoms with Crippen LogP contribution in [0.25, 0.3) is 22.4 Å². The fourth-order valence-corrected chi connectivity index (χ4v) is 5.80. The number of hydrogen-bond acceptors (Lipinski definition) is 6. The molecule has 1 atom stereocenters. The van der Waals surface area contributed by atoms with Crippen LogP contribution < -0.4 is 10.1 Å². The molecule has 3 N–H and O–H groups in total. The number of aryl methyl sites for hydroxylation is 1. The number of benzene rings is 2. The number of carbonyl (C=O) groups is 3. The zero-order chi connectivity index (χ0) is 29.1. The van der Waals surface area contributed by atoms with Crippen molar-refractivity contribution in [1.29, 1.82) is 0 Å². The van der Waals surface area contributed by atoms with E-state index in [9.17, 15) is 19.5 Å². The van der Waals surface area contributed by atoms with Gasteiger partial charge in [-0.3, -0.25) is 4.79 Å². The van der Waals surface area contributed by atoms with Gasteiger partial charge in [0, 0.05) is 18.0 Å². The summed E-state index contributed by atoms with van der Waals surface area (Å²) < 4.78 is 12.8. The first-order chi connectivity index (χ1) is 19.7. The molecule has 0 saturated heterocycles. The number of ether oxygens (including phenoxy) is 1. The number of nitrogens with one attached hydrogen (secondary N) is 1. The number of aliphatic carboxylic acids is 2. The van der Waals surface area contributed by atoms with Crippen LogP contribution in [0.1, 0.15) is 59.6 Å². The summed E-state index contributed by atoms with van der Waals surface area (Å²) >= 11 is 6.28. The first kappa shape index (κ1) is 28.2. The molecule has 0 aliphatic heterocycles. The zero-order valence-corrected chi connectivity index (χ0v) is 23.2. The van der Waals surface area contributed by atoms with Gasteiger partial charge in [0.1, 0.15) is 23.9 Å². The molecule has 2 heterocycles. The van der Waals surface area contributed by atoms with Crippen LogP contribution in [-0.4, -0.2) is 50.3 Å². The lowest BCUT2D eigenvalue weighted by Crippen LogP contribution is -2.42. The Labute approximate surface area is 240 Å². The average Bonchev–Trinajstić information content (AvgIpc) is 3.60. The fraction of sp³-hybridized carbons (Fsp3) is 0.333. The fourth-order valence-electron chi connectivity index (χ4n) is 5.46. The Hall–Kier alpha value is -4.31. The molecular formula is C30H30ClN3O7. The predicted octanol–water partition coefficient (Wildman–Crippen LogP) is 5.65. The minimum Gasteiger partial charge on any atom is -0.480 e. The van der Waals surface area contributed by atoms with Crippen molar-refractivity contribution in [2.45, 2.75) is 57.5 Å². The minimum atomic E-state index is -1.24. The van der Waals surface area contributed by atoms with Crippen LogP contribution in [0.2, 0.25) is 5.02 Å². The third kappa shape index (κ3) is 6.22. The third-order valence-corrected chi connectivity index (χ3v) is 7.62. The molecule has 0 spiro atoms. The number of halogens is 1. The van der Waals surface area contributed by atoms with Gasteiger partial charge < -0.3 is 29.3 Å². The molecule has 0 radical (unpaired) electrons. The number of carboxylic acid groups (broad SMARTS) is 2. The molecular weight excluding hydrogens is 550 g/mol. The summed E-state index contributed by atoms with van der Waals surface area (Å²) in [6.45, 7) is 1.13. The number of hydrogen-bond donors (Lipinski definition) is 3. The summed E-state index contributed by atoms with van der Waals surface area (Å²) in [4.78, 5) is 41.0. The van der Waals surface area contributed by atoms with E-state index < -0.39 is 30.5 Å². The maximum Gasteiger partial charge on any atom is 0.341 e. The van der Waals surface area contributed by atoms with Crippen LogP contribution in [0.3, 0.4) is 0 Å². The largest absolute Gasteiger partial charge is 0.480 e. The zero-order valence-electron chi connectivity index (χ0n) is 22.4. The van der Waals surface area contributed by atoms with Gasteiger partial charge in [-0.2, -0.15) is 0 Å². The van der Waals surface area contributed by atoms with E-state index in [0.717, 1.165) is 42.6 Å². The lowest BCUT2D eigenvalue weighted by Gasteiger charge is -2.25. The van der Waals surface area contributed by atoms with Crippen LogP contribution in [0.5, 0.6) is 5.75 Å². The monoisotopic (exact) mass is 579 g/mol. The number of carbonyl (C=O) groups excluding carboxylic acids is 1. The van der Waals surface area contributed by atoms with Gasteiger partial charge in [-0.1, -0.05) is 36.9 Å². The van der Waals surface area contributed by atoms with E-state index in [2.05, 4.69) is 9.88 Å². The van der Waals surface area contributed by atoms with E-state index in [1.54, 1.807) is 37.6 Å². The Kier molecular flexibility index (Phi) is 8.30. The van der Waals surface area contributed by atoms with Crippen molar-refractivity contribution in [1.82, 2.24) is 14.9 Å². The summed E-state index contributed by atoms with van der Waals surface area (Å²) in [6.07, 6.45) is 8.84. The molecule has 1 unspecified atom stereocenters. The molecule has 1 amide bonds. The Bertz CT molecular complexity index is 1570. The average molecular weight is 580 g/mol. The molecule has 41 heavy (non-hydrogen) atoms. The summed E-state index contributed by atoms with van der Waals surface area (Å²) in [5, 5.41) is 21.5. The van der Waals surface area contributed by atoms with E-state index in [1.165, 1.54) is 12.5 Å². The molecule has 4 aromatic rings. The first-order valence-corrected chi connectivity index (χ1v) is 13.8. The van der Waals surface area contributed by atoms with Crippen molar-refractivity contribution in [3.05, 3.63) is 70.6 Å². The summed E-state index contributed by atoms with van der Waals surface area (Å²) in [6, 6.07) is 9.33. The molecule has 5 rings (SSSR count). The molecule has 11 heteroatoms. The van der Waals surface area contributed by atoms with Crippen molar-refractivity contribution in [3.8, 4) is 17.1 Å². The topological polar surface area (TPSA) is 144 Å². The Morgan fingerprint density at radius 1 is 1.15 bits per heavy atom. The highest BCUT2D eigenvalue weighted by Crippen LogP contribution is 2.36. The van der Waals surface area contributed by atoms with Gasteiger partial charge in [-0.05, 0) is 61.2 Å². The molecule has 2 aromatic carbocycles. The molecule has 0 bridgehead atoms. The van der Waals surface area contributed by atoms with E-state index in [-0.39, 0.29) is 17.2 Å². The molecule has 1 fully saturated rings. The number of furan rings is 1. The Morgan fingerprint density at radius 2 is 1.93 bits per heavy atom. The third-order valence-electron chi connectivity index (χ3n) is 7.34. The van der Waals surface area contributed by atoms with Crippen molar-refractivity contribution >= 4 is 40.5 Å². The predicted molar refractivity (Wildman–Crippen MR) is 151 cm³/mol. The SMILES string of the molecule is Cc1cc(CC(NC(=O)c2ccc3c(c2)nc(-c2ccoc2)n3C2CCCCC2)C(=O)O)cc(Cl)c1OCC(=O)O. The number of amides is 1. The molecule has 1 aliphatic rings. The second kappa shape index (κ2) is 12.1. The van der Waals surface area contributed by atoms with Gasteiger partial charge in [0.2, 0.25) is 0 Å². The van der Waals surface area contributed by atoms with Crippen LogP contribution in [-0.2, 0) is 16.0 Å². The molecule has 2 aromatic heterocycles. The van der Waals surface area contributed by atoms with Crippen molar-refractivity contribution in [2.75, 3.05) is 6.61 Å². The summed E-state index contributed by atoms with van der Waals surface area (Å²) in [5.41, 5.74) is 3.81. The number of imidazole rings is 1.